The third-order valence-electron chi connectivity index (χ3n) is 6.34. The molecule has 1 aliphatic rings. The number of halogens is 2. The molecule has 7 nitrogen and oxygen atoms in total. The molecule has 0 aliphatic carbocycles. The van der Waals surface area contributed by atoms with Crippen LogP contribution in [0, 0.1) is 5.82 Å². The SMILES string of the molecule is CN(C)CCCN(C(=O)c1ccc(S(=O)(=O)N2CCc3ccccc32)cc1)c1nc2ccc(F)cc2s1.[Cl-]. The van der Waals surface area contributed by atoms with Crippen LogP contribution in [0.1, 0.15) is 22.3 Å². The number of anilines is 2. The van der Waals surface area contributed by atoms with Crippen molar-refractivity contribution in [3.05, 3.63) is 83.7 Å². The standard InChI is InChI=1S/C27H27FN4O3S2.ClH/c1-30(2)15-5-16-31(27-29-23-13-10-21(28)18-25(23)36-27)26(33)20-8-11-22(12-9-20)37(34,35)32-17-14-19-6-3-4-7-24(19)32;/h3-4,6-13,18H,5,14-17H2,1-2H3;1H/p-1. The Balaban J connectivity index is 0.00000336. The number of carbonyl (C=O) groups excluding carboxylic acids is 1. The van der Waals surface area contributed by atoms with E-state index >= 15 is 0 Å². The highest BCUT2D eigenvalue weighted by Gasteiger charge is 2.31. The van der Waals surface area contributed by atoms with E-state index in [1.807, 2.05) is 43.3 Å². The lowest BCUT2D eigenvalue weighted by Gasteiger charge is -2.22. The maximum absolute atomic E-state index is 13.7. The molecule has 3 aromatic carbocycles. The van der Waals surface area contributed by atoms with E-state index in [0.29, 0.717) is 52.5 Å². The third-order valence-corrected chi connectivity index (χ3v) is 9.20. The Bertz CT molecular complexity index is 1560. The van der Waals surface area contributed by atoms with E-state index in [9.17, 15) is 17.6 Å². The number of para-hydroxylation sites is 1. The van der Waals surface area contributed by atoms with Gasteiger partial charge in [0.2, 0.25) is 0 Å². The number of thiazole rings is 1. The average molecular weight is 574 g/mol. The molecule has 5 rings (SSSR count). The molecule has 0 fully saturated rings. The normalized spacial score (nSPS) is 13.0. The number of benzene rings is 3. The number of fused-ring (bicyclic) bond motifs is 2. The van der Waals surface area contributed by atoms with Crippen LogP contribution >= 0.6 is 11.3 Å². The van der Waals surface area contributed by atoms with Crippen molar-refractivity contribution in [2.75, 3.05) is 42.9 Å². The van der Waals surface area contributed by atoms with Gasteiger partial charge in [0.1, 0.15) is 5.82 Å². The van der Waals surface area contributed by atoms with Gasteiger partial charge in [-0.25, -0.2) is 17.8 Å². The number of hydrogen-bond donors (Lipinski definition) is 0. The lowest BCUT2D eigenvalue weighted by atomic mass is 10.2. The fourth-order valence-corrected chi connectivity index (χ4v) is 6.96. The van der Waals surface area contributed by atoms with E-state index in [-0.39, 0.29) is 29.0 Å². The van der Waals surface area contributed by atoms with Crippen molar-refractivity contribution in [2.45, 2.75) is 17.7 Å². The number of sulfonamides is 1. The second-order valence-electron chi connectivity index (χ2n) is 9.20. The minimum absolute atomic E-state index is 0. The van der Waals surface area contributed by atoms with Gasteiger partial charge in [-0.15, -0.1) is 0 Å². The maximum atomic E-state index is 13.7. The first-order valence-electron chi connectivity index (χ1n) is 12.0. The van der Waals surface area contributed by atoms with E-state index in [1.54, 1.807) is 23.1 Å². The van der Waals surface area contributed by atoms with Crippen molar-refractivity contribution in [3.63, 3.8) is 0 Å². The zero-order valence-corrected chi connectivity index (χ0v) is 23.4. The highest BCUT2D eigenvalue weighted by Crippen LogP contribution is 2.33. The summed E-state index contributed by atoms with van der Waals surface area (Å²) in [6.45, 7) is 1.59. The van der Waals surface area contributed by atoms with Crippen LogP contribution in [0.2, 0.25) is 0 Å². The molecule has 2 heterocycles. The molecule has 200 valence electrons. The molecule has 0 bridgehead atoms. The van der Waals surface area contributed by atoms with Gasteiger partial charge < -0.3 is 17.3 Å². The summed E-state index contributed by atoms with van der Waals surface area (Å²) in [5.41, 5.74) is 2.68. The minimum Gasteiger partial charge on any atom is -1.00 e. The molecule has 1 aliphatic heterocycles. The largest absolute Gasteiger partial charge is 1.00 e. The van der Waals surface area contributed by atoms with Crippen LogP contribution in [0.4, 0.5) is 15.2 Å². The summed E-state index contributed by atoms with van der Waals surface area (Å²) in [6, 6.07) is 17.9. The highest BCUT2D eigenvalue weighted by atomic mass is 35.5. The van der Waals surface area contributed by atoms with Gasteiger partial charge in [-0.2, -0.15) is 0 Å². The van der Waals surface area contributed by atoms with Gasteiger partial charge in [0.25, 0.3) is 15.9 Å². The molecule has 1 amide bonds. The Morgan fingerprint density at radius 3 is 2.53 bits per heavy atom. The summed E-state index contributed by atoms with van der Waals surface area (Å²) < 4.78 is 42.5. The molecular weight excluding hydrogens is 547 g/mol. The number of hydrogen-bond acceptors (Lipinski definition) is 6. The van der Waals surface area contributed by atoms with E-state index in [2.05, 4.69) is 4.98 Å². The van der Waals surface area contributed by atoms with Crippen LogP contribution in [0.25, 0.3) is 10.2 Å². The summed E-state index contributed by atoms with van der Waals surface area (Å²) in [5.74, 6) is -0.639. The monoisotopic (exact) mass is 573 g/mol. The Morgan fingerprint density at radius 1 is 1.05 bits per heavy atom. The molecule has 1 aromatic heterocycles. The molecule has 38 heavy (non-hydrogen) atoms. The third kappa shape index (κ3) is 5.54. The molecule has 0 saturated carbocycles. The first kappa shape index (κ1) is 28.0. The Kier molecular flexibility index (Phi) is 8.37. The molecule has 0 unspecified atom stereocenters. The summed E-state index contributed by atoms with van der Waals surface area (Å²) in [5, 5.41) is 0.481. The van der Waals surface area contributed by atoms with E-state index in [0.717, 1.165) is 12.1 Å². The molecule has 0 saturated heterocycles. The van der Waals surface area contributed by atoms with Crippen molar-refractivity contribution in [1.29, 1.82) is 0 Å². The van der Waals surface area contributed by atoms with Crippen molar-refractivity contribution in [3.8, 4) is 0 Å². The molecular formula is C27H27ClFN4O3S2-. The zero-order chi connectivity index (χ0) is 26.2. The summed E-state index contributed by atoms with van der Waals surface area (Å²) in [7, 11) is 0.171. The minimum atomic E-state index is -3.75. The second kappa shape index (κ2) is 11.4. The topological polar surface area (TPSA) is 73.8 Å². The number of carbonyl (C=O) groups is 1. The smallest absolute Gasteiger partial charge is 0.264 e. The van der Waals surface area contributed by atoms with E-state index < -0.39 is 10.0 Å². The van der Waals surface area contributed by atoms with Crippen LogP contribution in [0.3, 0.4) is 0 Å². The first-order valence-corrected chi connectivity index (χ1v) is 14.2. The van der Waals surface area contributed by atoms with Crippen LogP contribution in [0.5, 0.6) is 0 Å². The van der Waals surface area contributed by atoms with Gasteiger partial charge in [-0.05, 0) is 87.6 Å². The van der Waals surface area contributed by atoms with Crippen molar-refractivity contribution < 1.29 is 30.0 Å². The van der Waals surface area contributed by atoms with E-state index in [4.69, 9.17) is 0 Å². The van der Waals surface area contributed by atoms with Crippen molar-refractivity contribution in [2.24, 2.45) is 0 Å². The zero-order valence-electron chi connectivity index (χ0n) is 21.0. The molecule has 0 N–H and O–H groups in total. The van der Waals surface area contributed by atoms with Gasteiger partial charge in [-0.1, -0.05) is 29.5 Å². The van der Waals surface area contributed by atoms with Gasteiger partial charge >= 0.3 is 0 Å². The summed E-state index contributed by atoms with van der Waals surface area (Å²) in [4.78, 5) is 21.9. The van der Waals surface area contributed by atoms with Gasteiger partial charge in [-0.3, -0.25) is 14.0 Å². The Hall–Kier alpha value is -3.05. The van der Waals surface area contributed by atoms with Crippen LogP contribution in [-0.4, -0.2) is 57.9 Å². The van der Waals surface area contributed by atoms with Gasteiger partial charge in [0, 0.05) is 18.7 Å². The predicted octanol–water partition coefficient (Wildman–Crippen LogP) is 1.79. The van der Waals surface area contributed by atoms with Crippen LogP contribution in [-0.2, 0) is 16.4 Å². The maximum Gasteiger partial charge on any atom is 0.264 e. The number of rotatable bonds is 8. The van der Waals surface area contributed by atoms with E-state index in [1.165, 1.54) is 39.9 Å². The lowest BCUT2D eigenvalue weighted by molar-refractivity contribution is -0.0000179. The first-order chi connectivity index (χ1) is 17.7. The fourth-order valence-electron chi connectivity index (χ4n) is 4.44. The molecule has 0 radical (unpaired) electrons. The predicted molar refractivity (Wildman–Crippen MR) is 146 cm³/mol. The average Bonchev–Trinajstić information content (AvgIpc) is 3.50. The van der Waals surface area contributed by atoms with Crippen molar-refractivity contribution in [1.82, 2.24) is 9.88 Å². The number of amides is 1. The molecule has 0 spiro atoms. The number of aromatic nitrogens is 1. The van der Waals surface area contributed by atoms with Gasteiger partial charge in [0.05, 0.1) is 20.8 Å². The second-order valence-corrected chi connectivity index (χ2v) is 12.1. The van der Waals surface area contributed by atoms with Crippen LogP contribution < -0.4 is 21.6 Å². The van der Waals surface area contributed by atoms with Crippen LogP contribution in [0.15, 0.2) is 71.6 Å². The summed E-state index contributed by atoms with van der Waals surface area (Å²) in [6.07, 6.45) is 1.38. The quantitative estimate of drug-likeness (QED) is 0.321. The summed E-state index contributed by atoms with van der Waals surface area (Å²) >= 11 is 1.26. The molecule has 4 aromatic rings. The number of nitrogens with zero attached hydrogens (tertiary/aromatic N) is 4. The Morgan fingerprint density at radius 2 is 1.79 bits per heavy atom. The van der Waals surface area contributed by atoms with Gasteiger partial charge in [0.15, 0.2) is 5.13 Å². The molecule has 0 atom stereocenters. The molecule has 11 heteroatoms. The highest BCUT2D eigenvalue weighted by molar-refractivity contribution is 7.92. The van der Waals surface area contributed by atoms with Crippen molar-refractivity contribution >= 4 is 48.3 Å². The lowest BCUT2D eigenvalue weighted by Crippen LogP contribution is -3.00. The Labute approximate surface area is 232 Å². The fraction of sp³-hybridized carbons (Fsp3) is 0.259.